The highest BCUT2D eigenvalue weighted by Crippen LogP contribution is 2.25. The molecule has 0 radical (unpaired) electrons. The highest BCUT2D eigenvalue weighted by molar-refractivity contribution is 5.49. The maximum atomic E-state index is 10.3. The van der Waals surface area contributed by atoms with E-state index >= 15 is 0 Å². The predicted molar refractivity (Wildman–Crippen MR) is 54.7 cm³/mol. The van der Waals surface area contributed by atoms with E-state index in [1.54, 1.807) is 27.7 Å². The summed E-state index contributed by atoms with van der Waals surface area (Å²) < 4.78 is 5.46. The van der Waals surface area contributed by atoms with E-state index in [4.69, 9.17) is 10.5 Å². The van der Waals surface area contributed by atoms with E-state index in [2.05, 4.69) is 0 Å². The molecule has 2 atom stereocenters. The van der Waals surface area contributed by atoms with Gasteiger partial charge in [-0.25, -0.2) is 0 Å². The summed E-state index contributed by atoms with van der Waals surface area (Å²) in [4.78, 5) is 10.3. The van der Waals surface area contributed by atoms with Gasteiger partial charge in [0, 0.05) is 12.5 Å². The number of hydrogen-bond acceptors (Lipinski definition) is 4. The minimum absolute atomic E-state index is 0.242. The highest BCUT2D eigenvalue weighted by atomic mass is 16.6. The van der Waals surface area contributed by atoms with Crippen molar-refractivity contribution >= 4 is 6.29 Å². The zero-order valence-electron chi connectivity index (χ0n) is 9.41. The van der Waals surface area contributed by atoms with Gasteiger partial charge in [-0.15, -0.1) is 0 Å². The van der Waals surface area contributed by atoms with Crippen LogP contribution in [0, 0.1) is 0 Å². The molecule has 14 heavy (non-hydrogen) atoms. The van der Waals surface area contributed by atoms with Crippen molar-refractivity contribution in [2.45, 2.75) is 58.0 Å². The van der Waals surface area contributed by atoms with E-state index in [0.29, 0.717) is 12.8 Å². The van der Waals surface area contributed by atoms with Gasteiger partial charge in [-0.05, 0) is 34.1 Å². The van der Waals surface area contributed by atoms with Gasteiger partial charge >= 0.3 is 0 Å². The van der Waals surface area contributed by atoms with Gasteiger partial charge in [0.1, 0.15) is 6.29 Å². The van der Waals surface area contributed by atoms with Gasteiger partial charge in [0.05, 0.1) is 5.60 Å². The van der Waals surface area contributed by atoms with Crippen LogP contribution in [0.4, 0.5) is 0 Å². The summed E-state index contributed by atoms with van der Waals surface area (Å²) in [6.45, 7) is 6.71. The second kappa shape index (κ2) is 4.87. The first kappa shape index (κ1) is 13.5. The molecular weight excluding hydrogens is 182 g/mol. The minimum atomic E-state index is -1.23. The SMILES string of the molecule is CC(N)C(C)(CCC=O)OC(C)(C)O. The largest absolute Gasteiger partial charge is 0.366 e. The Morgan fingerprint density at radius 3 is 2.29 bits per heavy atom. The number of carbonyl (C=O) groups is 1. The Kier molecular flexibility index (Phi) is 4.71. The maximum absolute atomic E-state index is 10.3. The van der Waals surface area contributed by atoms with Gasteiger partial charge in [0.15, 0.2) is 5.79 Å². The lowest BCUT2D eigenvalue weighted by Gasteiger charge is -2.38. The molecule has 0 saturated carbocycles. The van der Waals surface area contributed by atoms with Crippen LogP contribution in [-0.4, -0.2) is 28.8 Å². The first-order chi connectivity index (χ1) is 6.21. The summed E-state index contributed by atoms with van der Waals surface area (Å²) in [5.74, 6) is -1.23. The Balaban J connectivity index is 4.47. The summed E-state index contributed by atoms with van der Waals surface area (Å²) in [5, 5.41) is 9.54. The van der Waals surface area contributed by atoms with Crippen LogP contribution in [0.2, 0.25) is 0 Å². The van der Waals surface area contributed by atoms with Crippen molar-refractivity contribution < 1.29 is 14.6 Å². The molecule has 0 spiro atoms. The lowest BCUT2D eigenvalue weighted by molar-refractivity contribution is -0.247. The van der Waals surface area contributed by atoms with Crippen LogP contribution < -0.4 is 5.73 Å². The predicted octanol–water partition coefficient (Wildman–Crippen LogP) is 0.816. The zero-order valence-corrected chi connectivity index (χ0v) is 9.41. The van der Waals surface area contributed by atoms with Crippen LogP contribution in [0.1, 0.15) is 40.5 Å². The van der Waals surface area contributed by atoms with Gasteiger partial charge in [0.25, 0.3) is 0 Å². The first-order valence-electron chi connectivity index (χ1n) is 4.83. The molecule has 0 saturated heterocycles. The number of nitrogens with two attached hydrogens (primary N) is 1. The average Bonchev–Trinajstić information content (AvgIpc) is 1.97. The Hall–Kier alpha value is -0.450. The lowest BCUT2D eigenvalue weighted by Crippen LogP contribution is -2.50. The normalized spacial score (nSPS) is 18.7. The highest BCUT2D eigenvalue weighted by Gasteiger charge is 2.34. The van der Waals surface area contributed by atoms with E-state index in [1.165, 1.54) is 0 Å². The second-order valence-corrected chi connectivity index (χ2v) is 4.36. The van der Waals surface area contributed by atoms with Gasteiger partial charge < -0.3 is 20.4 Å². The number of aldehydes is 1. The number of hydrogen-bond donors (Lipinski definition) is 2. The van der Waals surface area contributed by atoms with Gasteiger partial charge in [0.2, 0.25) is 0 Å². The monoisotopic (exact) mass is 203 g/mol. The van der Waals surface area contributed by atoms with E-state index in [1.807, 2.05) is 0 Å². The third-order valence-corrected chi connectivity index (χ3v) is 2.20. The molecule has 84 valence electrons. The Bertz CT molecular complexity index is 186. The van der Waals surface area contributed by atoms with Crippen LogP contribution in [-0.2, 0) is 9.53 Å². The first-order valence-corrected chi connectivity index (χ1v) is 4.83. The molecular formula is C10H21NO3. The molecule has 2 unspecified atom stereocenters. The van der Waals surface area contributed by atoms with Crippen molar-refractivity contribution in [1.29, 1.82) is 0 Å². The quantitative estimate of drug-likeness (QED) is 0.495. The summed E-state index contributed by atoms with van der Waals surface area (Å²) in [6.07, 6.45) is 1.72. The minimum Gasteiger partial charge on any atom is -0.366 e. The molecule has 0 aromatic heterocycles. The van der Waals surface area contributed by atoms with E-state index in [-0.39, 0.29) is 6.04 Å². The van der Waals surface area contributed by atoms with Crippen LogP contribution >= 0.6 is 0 Å². The Morgan fingerprint density at radius 1 is 1.50 bits per heavy atom. The number of aliphatic hydroxyl groups is 1. The van der Waals surface area contributed by atoms with E-state index in [0.717, 1.165) is 6.29 Å². The fraction of sp³-hybridized carbons (Fsp3) is 0.900. The molecule has 3 N–H and O–H groups in total. The fourth-order valence-corrected chi connectivity index (χ4v) is 1.29. The fourth-order valence-electron chi connectivity index (χ4n) is 1.29. The molecule has 0 aliphatic rings. The summed E-state index contributed by atoms with van der Waals surface area (Å²) in [5.41, 5.74) is 5.10. The number of rotatable bonds is 6. The topological polar surface area (TPSA) is 72.6 Å². The van der Waals surface area contributed by atoms with E-state index < -0.39 is 11.4 Å². The third-order valence-electron chi connectivity index (χ3n) is 2.20. The van der Waals surface area contributed by atoms with Crippen molar-refractivity contribution in [2.24, 2.45) is 5.73 Å². The van der Waals surface area contributed by atoms with Gasteiger partial charge in [-0.2, -0.15) is 0 Å². The van der Waals surface area contributed by atoms with Gasteiger partial charge in [-0.1, -0.05) is 0 Å². The summed E-state index contributed by atoms with van der Waals surface area (Å²) in [7, 11) is 0. The van der Waals surface area contributed by atoms with Crippen molar-refractivity contribution in [3.05, 3.63) is 0 Å². The second-order valence-electron chi connectivity index (χ2n) is 4.36. The molecule has 0 heterocycles. The van der Waals surface area contributed by atoms with Crippen LogP contribution in [0.3, 0.4) is 0 Å². The molecule has 0 aliphatic carbocycles. The molecule has 0 aliphatic heterocycles. The Morgan fingerprint density at radius 2 is 2.00 bits per heavy atom. The van der Waals surface area contributed by atoms with Crippen molar-refractivity contribution in [3.8, 4) is 0 Å². The van der Waals surface area contributed by atoms with Crippen LogP contribution in [0.15, 0.2) is 0 Å². The van der Waals surface area contributed by atoms with Crippen molar-refractivity contribution in [1.82, 2.24) is 0 Å². The van der Waals surface area contributed by atoms with E-state index in [9.17, 15) is 9.90 Å². The third kappa shape index (κ3) is 4.69. The molecule has 0 bridgehead atoms. The smallest absolute Gasteiger partial charge is 0.160 e. The van der Waals surface area contributed by atoms with Crippen molar-refractivity contribution in [2.75, 3.05) is 0 Å². The molecule has 0 aromatic rings. The zero-order chi connectivity index (χ0) is 11.4. The molecule has 0 amide bonds. The average molecular weight is 203 g/mol. The molecule has 0 rings (SSSR count). The Labute approximate surface area is 85.4 Å². The summed E-state index contributed by atoms with van der Waals surface area (Å²) >= 11 is 0. The van der Waals surface area contributed by atoms with Gasteiger partial charge in [-0.3, -0.25) is 0 Å². The molecule has 0 fully saturated rings. The number of ether oxygens (including phenoxy) is 1. The molecule has 0 aromatic carbocycles. The number of carbonyl (C=O) groups excluding carboxylic acids is 1. The molecule has 4 heteroatoms. The lowest BCUT2D eigenvalue weighted by atomic mass is 9.92. The molecule has 4 nitrogen and oxygen atoms in total. The summed E-state index contributed by atoms with van der Waals surface area (Å²) in [6, 6.07) is -0.242. The van der Waals surface area contributed by atoms with Crippen molar-refractivity contribution in [3.63, 3.8) is 0 Å². The van der Waals surface area contributed by atoms with Crippen LogP contribution in [0.5, 0.6) is 0 Å². The standard InChI is InChI=1S/C10H21NO3/c1-8(11)10(4,6-5-7-12)14-9(2,3)13/h7-8,13H,5-6,11H2,1-4H3. The maximum Gasteiger partial charge on any atom is 0.160 e. The van der Waals surface area contributed by atoms with Crippen LogP contribution in [0.25, 0.3) is 0 Å².